The first-order valence-electron chi connectivity index (χ1n) is 8.95. The molecule has 6 nitrogen and oxygen atoms in total. The predicted octanol–water partition coefficient (Wildman–Crippen LogP) is 4.60. The van der Waals surface area contributed by atoms with E-state index >= 15 is 0 Å². The predicted molar refractivity (Wildman–Crippen MR) is 110 cm³/mol. The van der Waals surface area contributed by atoms with Crippen LogP contribution in [0, 0.1) is 20.8 Å². The van der Waals surface area contributed by atoms with E-state index in [0.29, 0.717) is 22.9 Å². The van der Waals surface area contributed by atoms with E-state index in [1.54, 1.807) is 31.2 Å². The number of amides is 1. The van der Waals surface area contributed by atoms with Gasteiger partial charge in [-0.2, -0.15) is 0 Å². The number of aryl methyl sites for hydroxylation is 3. The number of para-hydroxylation sites is 1. The van der Waals surface area contributed by atoms with E-state index in [0.717, 1.165) is 16.8 Å². The molecule has 0 saturated carbocycles. The molecular formula is C22H22N4O2. The number of Topliss-reactive ketones (excluding diaryl/α,β-unsaturated/α-hetero) is 1. The zero-order valence-corrected chi connectivity index (χ0v) is 16.3. The molecule has 3 rings (SSSR count). The normalized spacial score (nSPS) is 10.4. The number of carbonyl (C=O) groups is 2. The number of carbonyl (C=O) groups excluding carboxylic acids is 2. The SMILES string of the molecule is CC(=O)c1cccc(Nc2nc(C)cc(C(=O)Nc3c(C)cccc3C)n2)c1. The molecular weight excluding hydrogens is 352 g/mol. The van der Waals surface area contributed by atoms with Crippen molar-refractivity contribution in [3.63, 3.8) is 0 Å². The Kier molecular flexibility index (Phi) is 5.49. The van der Waals surface area contributed by atoms with E-state index in [9.17, 15) is 9.59 Å². The van der Waals surface area contributed by atoms with Crippen LogP contribution < -0.4 is 10.6 Å². The summed E-state index contributed by atoms with van der Waals surface area (Å²) in [6.45, 7) is 7.21. The Hall–Kier alpha value is -3.54. The summed E-state index contributed by atoms with van der Waals surface area (Å²) in [4.78, 5) is 33.0. The molecule has 0 bridgehead atoms. The van der Waals surface area contributed by atoms with Crippen molar-refractivity contribution >= 4 is 29.0 Å². The standard InChI is InChI=1S/C22H22N4O2/c1-13-7-5-8-14(2)20(13)26-21(28)19-11-15(3)23-22(25-19)24-18-10-6-9-17(12-18)16(4)27/h5-12H,1-4H3,(H,26,28)(H,23,24,25). The van der Waals surface area contributed by atoms with Crippen LogP contribution in [-0.4, -0.2) is 21.7 Å². The minimum absolute atomic E-state index is 0.0255. The second kappa shape index (κ2) is 8.00. The molecule has 1 amide bonds. The summed E-state index contributed by atoms with van der Waals surface area (Å²) in [5.41, 5.74) is 4.95. The van der Waals surface area contributed by atoms with Gasteiger partial charge in [-0.15, -0.1) is 0 Å². The van der Waals surface area contributed by atoms with Gasteiger partial charge >= 0.3 is 0 Å². The van der Waals surface area contributed by atoms with Crippen LogP contribution in [-0.2, 0) is 0 Å². The molecule has 1 aromatic heterocycles. The summed E-state index contributed by atoms with van der Waals surface area (Å²) in [7, 11) is 0. The Labute approximate surface area is 164 Å². The maximum atomic E-state index is 12.7. The van der Waals surface area contributed by atoms with Crippen LogP contribution in [0.2, 0.25) is 0 Å². The van der Waals surface area contributed by atoms with E-state index in [-0.39, 0.29) is 17.4 Å². The summed E-state index contributed by atoms with van der Waals surface area (Å²) >= 11 is 0. The van der Waals surface area contributed by atoms with Crippen LogP contribution in [0.15, 0.2) is 48.5 Å². The van der Waals surface area contributed by atoms with Gasteiger partial charge in [0, 0.05) is 22.6 Å². The summed E-state index contributed by atoms with van der Waals surface area (Å²) in [5.74, 6) is -0.0294. The minimum atomic E-state index is -0.302. The van der Waals surface area contributed by atoms with Crippen molar-refractivity contribution < 1.29 is 9.59 Å². The van der Waals surface area contributed by atoms with Gasteiger partial charge in [-0.05, 0) is 57.0 Å². The van der Waals surface area contributed by atoms with Gasteiger partial charge in [-0.3, -0.25) is 9.59 Å². The number of benzene rings is 2. The third-order valence-electron chi connectivity index (χ3n) is 4.33. The fraction of sp³-hybridized carbons (Fsp3) is 0.182. The Morgan fingerprint density at radius 3 is 2.25 bits per heavy atom. The highest BCUT2D eigenvalue weighted by Gasteiger charge is 2.13. The lowest BCUT2D eigenvalue weighted by Gasteiger charge is -2.12. The molecule has 0 atom stereocenters. The summed E-state index contributed by atoms with van der Waals surface area (Å²) < 4.78 is 0. The third kappa shape index (κ3) is 4.40. The first-order valence-corrected chi connectivity index (χ1v) is 8.95. The fourth-order valence-electron chi connectivity index (χ4n) is 2.88. The van der Waals surface area contributed by atoms with Crippen molar-refractivity contribution in [3.05, 3.63) is 76.6 Å². The van der Waals surface area contributed by atoms with Crippen molar-refractivity contribution in [2.75, 3.05) is 10.6 Å². The number of hydrogen-bond acceptors (Lipinski definition) is 5. The fourth-order valence-corrected chi connectivity index (χ4v) is 2.88. The van der Waals surface area contributed by atoms with Crippen molar-refractivity contribution in [1.82, 2.24) is 9.97 Å². The van der Waals surface area contributed by atoms with Crippen LogP contribution in [0.3, 0.4) is 0 Å². The quantitative estimate of drug-likeness (QED) is 0.638. The minimum Gasteiger partial charge on any atom is -0.324 e. The molecule has 0 fully saturated rings. The second-order valence-electron chi connectivity index (χ2n) is 6.70. The van der Waals surface area contributed by atoms with Crippen LogP contribution in [0.4, 0.5) is 17.3 Å². The van der Waals surface area contributed by atoms with E-state index in [1.807, 2.05) is 38.1 Å². The van der Waals surface area contributed by atoms with Crippen molar-refractivity contribution in [2.45, 2.75) is 27.7 Å². The van der Waals surface area contributed by atoms with Gasteiger partial charge in [0.05, 0.1) is 0 Å². The summed E-state index contributed by atoms with van der Waals surface area (Å²) in [6.07, 6.45) is 0. The van der Waals surface area contributed by atoms with E-state index in [2.05, 4.69) is 20.6 Å². The highest BCUT2D eigenvalue weighted by Crippen LogP contribution is 2.21. The summed E-state index contributed by atoms with van der Waals surface area (Å²) in [5, 5.41) is 6.00. The zero-order valence-electron chi connectivity index (χ0n) is 16.3. The monoisotopic (exact) mass is 374 g/mol. The second-order valence-corrected chi connectivity index (χ2v) is 6.70. The van der Waals surface area contributed by atoms with E-state index in [4.69, 9.17) is 0 Å². The number of hydrogen-bond donors (Lipinski definition) is 2. The first-order chi connectivity index (χ1) is 13.3. The van der Waals surface area contributed by atoms with Gasteiger partial charge in [0.2, 0.25) is 5.95 Å². The highest BCUT2D eigenvalue weighted by molar-refractivity contribution is 6.04. The number of nitrogens with one attached hydrogen (secondary N) is 2. The molecule has 2 aromatic carbocycles. The molecule has 6 heteroatoms. The molecule has 142 valence electrons. The largest absolute Gasteiger partial charge is 0.324 e. The lowest BCUT2D eigenvalue weighted by atomic mass is 10.1. The smallest absolute Gasteiger partial charge is 0.274 e. The number of nitrogens with zero attached hydrogens (tertiary/aromatic N) is 2. The van der Waals surface area contributed by atoms with E-state index in [1.165, 1.54) is 6.92 Å². The zero-order chi connectivity index (χ0) is 20.3. The molecule has 0 unspecified atom stereocenters. The number of anilines is 3. The maximum Gasteiger partial charge on any atom is 0.274 e. The Morgan fingerprint density at radius 1 is 0.893 bits per heavy atom. The topological polar surface area (TPSA) is 84.0 Å². The Morgan fingerprint density at radius 2 is 1.57 bits per heavy atom. The van der Waals surface area contributed by atoms with Crippen LogP contribution >= 0.6 is 0 Å². The molecule has 0 aliphatic carbocycles. The van der Waals surface area contributed by atoms with Gasteiger partial charge in [0.1, 0.15) is 5.69 Å². The highest BCUT2D eigenvalue weighted by atomic mass is 16.2. The van der Waals surface area contributed by atoms with E-state index < -0.39 is 0 Å². The average Bonchev–Trinajstić information content (AvgIpc) is 2.64. The average molecular weight is 374 g/mol. The first kappa shape index (κ1) is 19.2. The molecule has 0 aliphatic heterocycles. The number of ketones is 1. The van der Waals surface area contributed by atoms with Crippen LogP contribution in [0.1, 0.15) is 44.6 Å². The number of rotatable bonds is 5. The van der Waals surface area contributed by atoms with Crippen molar-refractivity contribution in [2.24, 2.45) is 0 Å². The molecule has 2 N–H and O–H groups in total. The van der Waals surface area contributed by atoms with Crippen LogP contribution in [0.5, 0.6) is 0 Å². The molecule has 28 heavy (non-hydrogen) atoms. The molecule has 1 heterocycles. The van der Waals surface area contributed by atoms with Gasteiger partial charge in [-0.25, -0.2) is 9.97 Å². The molecule has 3 aromatic rings. The van der Waals surface area contributed by atoms with Crippen LogP contribution in [0.25, 0.3) is 0 Å². The van der Waals surface area contributed by atoms with Gasteiger partial charge in [0.25, 0.3) is 5.91 Å². The number of aromatic nitrogens is 2. The van der Waals surface area contributed by atoms with Crippen molar-refractivity contribution in [1.29, 1.82) is 0 Å². The Bertz CT molecular complexity index is 1040. The maximum absolute atomic E-state index is 12.7. The summed E-state index contributed by atoms with van der Waals surface area (Å²) in [6, 6.07) is 14.6. The lowest BCUT2D eigenvalue weighted by Crippen LogP contribution is -2.17. The Balaban J connectivity index is 1.86. The molecule has 0 aliphatic rings. The molecule has 0 saturated heterocycles. The van der Waals surface area contributed by atoms with Gasteiger partial charge in [-0.1, -0.05) is 30.3 Å². The van der Waals surface area contributed by atoms with Gasteiger partial charge < -0.3 is 10.6 Å². The molecule has 0 spiro atoms. The lowest BCUT2D eigenvalue weighted by molar-refractivity contribution is 0.101. The van der Waals surface area contributed by atoms with Gasteiger partial charge in [0.15, 0.2) is 5.78 Å². The van der Waals surface area contributed by atoms with Crippen molar-refractivity contribution in [3.8, 4) is 0 Å². The third-order valence-corrected chi connectivity index (χ3v) is 4.33. The molecule has 0 radical (unpaired) electrons.